The maximum absolute atomic E-state index is 12.8. The van der Waals surface area contributed by atoms with E-state index in [1.165, 1.54) is 11.1 Å². The predicted octanol–water partition coefficient (Wildman–Crippen LogP) is 4.15. The van der Waals surface area contributed by atoms with Gasteiger partial charge in [-0.15, -0.1) is 0 Å². The van der Waals surface area contributed by atoms with E-state index >= 15 is 0 Å². The maximum Gasteiger partial charge on any atom is 0.258 e. The number of thioether (sulfide) groups is 1. The molecule has 1 aliphatic rings. The Morgan fingerprint density at radius 3 is 2.63 bits per heavy atom. The van der Waals surface area contributed by atoms with Gasteiger partial charge in [0.2, 0.25) is 5.12 Å². The SMILES string of the molecule is O=C(Sc1ncccc1C(=O)Nc1ccc2c(c1)CCC2)c1ccncc1. The molecule has 2 heterocycles. The molecule has 1 N–H and O–H groups in total. The number of aromatic nitrogens is 2. The first kappa shape index (κ1) is 17.4. The normalized spacial score (nSPS) is 12.4. The number of amides is 1. The van der Waals surface area contributed by atoms with Crippen LogP contribution in [0.15, 0.2) is 66.1 Å². The average molecular weight is 375 g/mol. The number of nitrogens with zero attached hydrogens (tertiary/aromatic N) is 2. The van der Waals surface area contributed by atoms with Crippen molar-refractivity contribution in [1.29, 1.82) is 0 Å². The number of benzene rings is 1. The monoisotopic (exact) mass is 375 g/mol. The number of pyridine rings is 2. The topological polar surface area (TPSA) is 72.0 Å². The Morgan fingerprint density at radius 1 is 0.963 bits per heavy atom. The van der Waals surface area contributed by atoms with Gasteiger partial charge in [0, 0.05) is 29.8 Å². The van der Waals surface area contributed by atoms with Gasteiger partial charge in [-0.05, 0) is 78.5 Å². The minimum absolute atomic E-state index is 0.178. The minimum atomic E-state index is -0.272. The van der Waals surface area contributed by atoms with E-state index in [1.54, 1.807) is 42.9 Å². The molecule has 0 radical (unpaired) electrons. The molecule has 0 spiro atoms. The number of aryl methyl sites for hydroxylation is 2. The van der Waals surface area contributed by atoms with Crippen molar-refractivity contribution in [1.82, 2.24) is 9.97 Å². The first-order valence-electron chi connectivity index (χ1n) is 8.71. The number of nitrogens with one attached hydrogen (secondary N) is 1. The van der Waals surface area contributed by atoms with Crippen LogP contribution >= 0.6 is 11.8 Å². The molecule has 6 heteroatoms. The zero-order valence-electron chi connectivity index (χ0n) is 14.5. The molecule has 0 saturated carbocycles. The second-order valence-corrected chi connectivity index (χ2v) is 7.23. The van der Waals surface area contributed by atoms with Crippen molar-refractivity contribution in [2.75, 3.05) is 5.32 Å². The third-order valence-corrected chi connectivity index (χ3v) is 5.42. The molecule has 0 bridgehead atoms. The van der Waals surface area contributed by atoms with Crippen molar-refractivity contribution in [3.63, 3.8) is 0 Å². The van der Waals surface area contributed by atoms with Crippen molar-refractivity contribution >= 4 is 28.5 Å². The van der Waals surface area contributed by atoms with Crippen LogP contribution in [0.1, 0.15) is 38.3 Å². The molecule has 4 rings (SSSR count). The summed E-state index contributed by atoms with van der Waals surface area (Å²) >= 11 is 0.944. The van der Waals surface area contributed by atoms with Crippen LogP contribution in [0, 0.1) is 0 Å². The molecule has 1 aliphatic carbocycles. The third-order valence-electron chi connectivity index (χ3n) is 4.48. The molecule has 1 aromatic carbocycles. The second-order valence-electron chi connectivity index (χ2n) is 6.27. The van der Waals surface area contributed by atoms with Crippen LogP contribution in [-0.4, -0.2) is 21.0 Å². The van der Waals surface area contributed by atoms with Gasteiger partial charge >= 0.3 is 0 Å². The smallest absolute Gasteiger partial charge is 0.258 e. The highest BCUT2D eigenvalue weighted by atomic mass is 32.2. The fraction of sp³-hybridized carbons (Fsp3) is 0.143. The number of fused-ring (bicyclic) bond motifs is 1. The van der Waals surface area contributed by atoms with Crippen molar-refractivity contribution < 1.29 is 9.59 Å². The van der Waals surface area contributed by atoms with Crippen molar-refractivity contribution in [2.24, 2.45) is 0 Å². The summed E-state index contributed by atoms with van der Waals surface area (Å²) in [5.74, 6) is -0.272. The summed E-state index contributed by atoms with van der Waals surface area (Å²) in [7, 11) is 0. The van der Waals surface area contributed by atoms with E-state index in [0.29, 0.717) is 16.2 Å². The molecule has 27 heavy (non-hydrogen) atoms. The molecule has 0 fully saturated rings. The van der Waals surface area contributed by atoms with E-state index in [-0.39, 0.29) is 11.0 Å². The Bertz CT molecular complexity index is 1010. The van der Waals surface area contributed by atoms with Gasteiger partial charge in [0.1, 0.15) is 5.03 Å². The van der Waals surface area contributed by atoms with E-state index in [9.17, 15) is 9.59 Å². The van der Waals surface area contributed by atoms with Gasteiger partial charge in [-0.3, -0.25) is 14.6 Å². The van der Waals surface area contributed by atoms with E-state index in [1.807, 2.05) is 12.1 Å². The Balaban J connectivity index is 1.53. The summed E-state index contributed by atoms with van der Waals surface area (Å²) in [6.07, 6.45) is 8.01. The predicted molar refractivity (Wildman–Crippen MR) is 105 cm³/mol. The molecule has 3 aromatic rings. The lowest BCUT2D eigenvalue weighted by molar-refractivity contribution is 0.102. The zero-order valence-corrected chi connectivity index (χ0v) is 15.3. The van der Waals surface area contributed by atoms with Crippen molar-refractivity contribution in [3.8, 4) is 0 Å². The van der Waals surface area contributed by atoms with Gasteiger partial charge in [0.15, 0.2) is 0 Å². The van der Waals surface area contributed by atoms with E-state index < -0.39 is 0 Å². The third kappa shape index (κ3) is 3.90. The van der Waals surface area contributed by atoms with Gasteiger partial charge in [-0.1, -0.05) is 6.07 Å². The number of rotatable bonds is 4. The summed E-state index contributed by atoms with van der Waals surface area (Å²) in [6.45, 7) is 0. The second kappa shape index (κ2) is 7.72. The molecule has 0 atom stereocenters. The fourth-order valence-electron chi connectivity index (χ4n) is 3.13. The van der Waals surface area contributed by atoms with E-state index in [2.05, 4.69) is 21.4 Å². The molecule has 0 saturated heterocycles. The number of hydrogen-bond donors (Lipinski definition) is 1. The first-order chi connectivity index (χ1) is 13.2. The quantitative estimate of drug-likeness (QED) is 0.694. The summed E-state index contributed by atoms with van der Waals surface area (Å²) < 4.78 is 0. The lowest BCUT2D eigenvalue weighted by Crippen LogP contribution is -2.14. The Labute approximate surface area is 161 Å². The van der Waals surface area contributed by atoms with Crippen LogP contribution in [0.4, 0.5) is 5.69 Å². The maximum atomic E-state index is 12.8. The molecular weight excluding hydrogens is 358 g/mol. The first-order valence-corrected chi connectivity index (χ1v) is 9.53. The zero-order chi connectivity index (χ0) is 18.6. The van der Waals surface area contributed by atoms with E-state index in [4.69, 9.17) is 0 Å². The number of carbonyl (C=O) groups is 2. The van der Waals surface area contributed by atoms with E-state index in [0.717, 1.165) is 36.7 Å². The average Bonchev–Trinajstić information content (AvgIpc) is 3.17. The summed E-state index contributed by atoms with van der Waals surface area (Å²) in [6, 6.07) is 12.7. The van der Waals surface area contributed by atoms with Gasteiger partial charge in [0.25, 0.3) is 5.91 Å². The van der Waals surface area contributed by atoms with Crippen LogP contribution in [0.3, 0.4) is 0 Å². The summed E-state index contributed by atoms with van der Waals surface area (Å²) in [5, 5.41) is 3.14. The molecule has 1 amide bonds. The standard InChI is InChI=1S/C21H17N3O2S/c25-19(24-17-7-6-14-3-1-4-16(14)13-17)18-5-2-10-23-20(18)27-21(26)15-8-11-22-12-9-15/h2,5-13H,1,3-4H2,(H,24,25). The van der Waals surface area contributed by atoms with Crippen LogP contribution in [-0.2, 0) is 12.8 Å². The van der Waals surface area contributed by atoms with Crippen LogP contribution in [0.25, 0.3) is 0 Å². The van der Waals surface area contributed by atoms with Gasteiger partial charge in [0.05, 0.1) is 5.56 Å². The number of hydrogen-bond acceptors (Lipinski definition) is 5. The lowest BCUT2D eigenvalue weighted by Gasteiger charge is -2.10. The minimum Gasteiger partial charge on any atom is -0.322 e. The molecular formula is C21H17N3O2S. The van der Waals surface area contributed by atoms with Gasteiger partial charge in [-0.2, -0.15) is 0 Å². The fourth-order valence-corrected chi connectivity index (χ4v) is 3.94. The molecule has 5 nitrogen and oxygen atoms in total. The van der Waals surface area contributed by atoms with Crippen LogP contribution in [0.5, 0.6) is 0 Å². The molecule has 0 aliphatic heterocycles. The van der Waals surface area contributed by atoms with Crippen LogP contribution < -0.4 is 5.32 Å². The largest absolute Gasteiger partial charge is 0.322 e. The summed E-state index contributed by atoms with van der Waals surface area (Å²) in [4.78, 5) is 33.3. The number of anilines is 1. The molecule has 2 aromatic heterocycles. The Hall–Kier alpha value is -2.99. The summed E-state index contributed by atoms with van der Waals surface area (Å²) in [5.41, 5.74) is 4.31. The lowest BCUT2D eigenvalue weighted by atomic mass is 10.1. The number of carbonyl (C=O) groups excluding carboxylic acids is 2. The van der Waals surface area contributed by atoms with Crippen LogP contribution in [0.2, 0.25) is 0 Å². The van der Waals surface area contributed by atoms with Gasteiger partial charge < -0.3 is 5.32 Å². The van der Waals surface area contributed by atoms with Gasteiger partial charge in [-0.25, -0.2) is 4.98 Å². The highest BCUT2D eigenvalue weighted by Crippen LogP contribution is 2.27. The van der Waals surface area contributed by atoms with Crippen molar-refractivity contribution in [3.05, 3.63) is 83.3 Å². The Morgan fingerprint density at radius 2 is 1.78 bits per heavy atom. The highest BCUT2D eigenvalue weighted by molar-refractivity contribution is 8.14. The Kier molecular flexibility index (Phi) is 4.98. The highest BCUT2D eigenvalue weighted by Gasteiger charge is 2.18. The molecule has 0 unspecified atom stereocenters. The van der Waals surface area contributed by atoms with Crippen molar-refractivity contribution in [2.45, 2.75) is 24.3 Å². The molecule has 134 valence electrons.